The maximum absolute atomic E-state index is 11.0. The van der Waals surface area contributed by atoms with Gasteiger partial charge >= 0.3 is 5.97 Å². The molecule has 0 amide bonds. The molecule has 1 atom stereocenters. The predicted molar refractivity (Wildman–Crippen MR) is 59.1 cm³/mol. The van der Waals surface area contributed by atoms with Crippen molar-refractivity contribution in [3.05, 3.63) is 12.7 Å². The molecule has 82 valence electrons. The fourth-order valence-electron chi connectivity index (χ4n) is 1.39. The molecule has 0 N–H and O–H groups in total. The first-order chi connectivity index (χ1) is 6.60. The second-order valence-electron chi connectivity index (χ2n) is 4.03. The number of hydrogen-bond acceptors (Lipinski definition) is 2. The lowest BCUT2D eigenvalue weighted by Gasteiger charge is -2.18. The Morgan fingerprint density at radius 1 is 1.50 bits per heavy atom. The Bertz CT molecular complexity index is 173. The molecule has 2 heteroatoms. The lowest BCUT2D eigenvalue weighted by Crippen LogP contribution is -2.18. The van der Waals surface area contributed by atoms with Crippen molar-refractivity contribution in [3.63, 3.8) is 0 Å². The summed E-state index contributed by atoms with van der Waals surface area (Å²) in [7, 11) is 0. The summed E-state index contributed by atoms with van der Waals surface area (Å²) >= 11 is 0. The van der Waals surface area contributed by atoms with Crippen molar-refractivity contribution in [2.45, 2.75) is 52.6 Å². The first-order valence-electron chi connectivity index (χ1n) is 5.43. The third-order valence-corrected chi connectivity index (χ3v) is 2.06. The van der Waals surface area contributed by atoms with Crippen LogP contribution in [0.1, 0.15) is 46.5 Å². The first-order valence-corrected chi connectivity index (χ1v) is 5.43. The van der Waals surface area contributed by atoms with Crippen LogP contribution in [-0.4, -0.2) is 12.1 Å². The van der Waals surface area contributed by atoms with E-state index in [1.54, 1.807) is 0 Å². The summed E-state index contributed by atoms with van der Waals surface area (Å²) < 4.78 is 5.26. The van der Waals surface area contributed by atoms with E-state index in [4.69, 9.17) is 4.74 Å². The number of unbranched alkanes of at least 4 members (excludes halogenated alkanes) is 1. The van der Waals surface area contributed by atoms with E-state index >= 15 is 0 Å². The van der Waals surface area contributed by atoms with Crippen molar-refractivity contribution in [2.24, 2.45) is 5.92 Å². The first kappa shape index (κ1) is 13.2. The molecule has 0 aliphatic rings. The molecule has 2 nitrogen and oxygen atoms in total. The lowest BCUT2D eigenvalue weighted by molar-refractivity contribution is -0.144. The quantitative estimate of drug-likeness (QED) is 0.463. The Morgan fingerprint density at radius 2 is 2.14 bits per heavy atom. The smallest absolute Gasteiger partial charge is 0.330 e. The summed E-state index contributed by atoms with van der Waals surface area (Å²) in [4.78, 5) is 11.0. The maximum atomic E-state index is 11.0. The van der Waals surface area contributed by atoms with Crippen molar-refractivity contribution in [1.29, 1.82) is 0 Å². The number of hydrogen-bond donors (Lipinski definition) is 0. The second-order valence-corrected chi connectivity index (χ2v) is 4.03. The summed E-state index contributed by atoms with van der Waals surface area (Å²) in [5, 5.41) is 0. The molecule has 14 heavy (non-hydrogen) atoms. The standard InChI is InChI=1S/C12H22O2/c1-5-7-8-11(9-10(3)4)14-12(13)6-2/h6,10-11H,2,5,7-9H2,1,3-4H3. The molecule has 0 bridgehead atoms. The third kappa shape index (κ3) is 6.70. The lowest BCUT2D eigenvalue weighted by atomic mass is 10.0. The molecule has 0 saturated heterocycles. The van der Waals surface area contributed by atoms with E-state index in [2.05, 4.69) is 27.4 Å². The average molecular weight is 198 g/mol. The molecule has 0 fully saturated rings. The van der Waals surface area contributed by atoms with Gasteiger partial charge in [-0.05, 0) is 18.8 Å². The number of carbonyl (C=O) groups excluding carboxylic acids is 1. The van der Waals surface area contributed by atoms with Gasteiger partial charge in [-0.2, -0.15) is 0 Å². The molecule has 0 aliphatic heterocycles. The Balaban J connectivity index is 3.95. The highest BCUT2D eigenvalue weighted by Crippen LogP contribution is 2.14. The Morgan fingerprint density at radius 3 is 2.57 bits per heavy atom. The van der Waals surface area contributed by atoms with Crippen molar-refractivity contribution in [2.75, 3.05) is 0 Å². The van der Waals surface area contributed by atoms with Gasteiger partial charge in [0.1, 0.15) is 6.10 Å². The highest BCUT2D eigenvalue weighted by molar-refractivity contribution is 5.81. The normalized spacial score (nSPS) is 12.6. The molecule has 0 aromatic rings. The SMILES string of the molecule is C=CC(=O)OC(CCCC)CC(C)C. The fraction of sp³-hybridized carbons (Fsp3) is 0.750. The van der Waals surface area contributed by atoms with E-state index in [9.17, 15) is 4.79 Å². The van der Waals surface area contributed by atoms with E-state index < -0.39 is 0 Å². The molecule has 0 radical (unpaired) electrons. The van der Waals surface area contributed by atoms with Crippen molar-refractivity contribution in [1.82, 2.24) is 0 Å². The van der Waals surface area contributed by atoms with Gasteiger partial charge < -0.3 is 4.74 Å². The molecule has 0 aromatic heterocycles. The van der Waals surface area contributed by atoms with E-state index in [1.807, 2.05) is 0 Å². The summed E-state index contributed by atoms with van der Waals surface area (Å²) in [6.45, 7) is 9.82. The van der Waals surface area contributed by atoms with Crippen LogP contribution in [0.25, 0.3) is 0 Å². The van der Waals surface area contributed by atoms with Crippen LogP contribution >= 0.6 is 0 Å². The number of carbonyl (C=O) groups is 1. The van der Waals surface area contributed by atoms with Crippen LogP contribution in [0.4, 0.5) is 0 Å². The van der Waals surface area contributed by atoms with Crippen LogP contribution in [0.2, 0.25) is 0 Å². The molecule has 0 saturated carbocycles. The largest absolute Gasteiger partial charge is 0.459 e. The molecule has 0 heterocycles. The van der Waals surface area contributed by atoms with Gasteiger partial charge in [0.2, 0.25) is 0 Å². The van der Waals surface area contributed by atoms with Crippen LogP contribution in [0, 0.1) is 5.92 Å². The van der Waals surface area contributed by atoms with Gasteiger partial charge in [0.25, 0.3) is 0 Å². The van der Waals surface area contributed by atoms with Gasteiger partial charge in [-0.3, -0.25) is 0 Å². The van der Waals surface area contributed by atoms with Gasteiger partial charge in [-0.25, -0.2) is 4.79 Å². The molecule has 0 aromatic carbocycles. The number of ether oxygens (including phenoxy) is 1. The van der Waals surface area contributed by atoms with E-state index in [0.717, 1.165) is 25.7 Å². The highest BCUT2D eigenvalue weighted by Gasteiger charge is 2.13. The molecular weight excluding hydrogens is 176 g/mol. The number of rotatable bonds is 7. The maximum Gasteiger partial charge on any atom is 0.330 e. The van der Waals surface area contributed by atoms with Gasteiger partial charge in [-0.1, -0.05) is 40.2 Å². The Kier molecular flexibility index (Phi) is 7.17. The van der Waals surface area contributed by atoms with Crippen LogP contribution in [0.5, 0.6) is 0 Å². The predicted octanol–water partition coefficient (Wildman–Crippen LogP) is 3.32. The van der Waals surface area contributed by atoms with Crippen molar-refractivity contribution >= 4 is 5.97 Å². The highest BCUT2D eigenvalue weighted by atomic mass is 16.5. The second kappa shape index (κ2) is 7.60. The molecule has 0 aliphatic carbocycles. The van der Waals surface area contributed by atoms with Crippen LogP contribution in [-0.2, 0) is 9.53 Å². The van der Waals surface area contributed by atoms with Gasteiger partial charge in [0, 0.05) is 6.08 Å². The number of esters is 1. The molecule has 1 unspecified atom stereocenters. The topological polar surface area (TPSA) is 26.3 Å². The minimum absolute atomic E-state index is 0.0699. The van der Waals surface area contributed by atoms with Gasteiger partial charge in [-0.15, -0.1) is 0 Å². The zero-order chi connectivity index (χ0) is 11.0. The van der Waals surface area contributed by atoms with Gasteiger partial charge in [0.15, 0.2) is 0 Å². The van der Waals surface area contributed by atoms with Crippen molar-refractivity contribution in [3.8, 4) is 0 Å². The van der Waals surface area contributed by atoms with Gasteiger partial charge in [0.05, 0.1) is 0 Å². The van der Waals surface area contributed by atoms with E-state index in [0.29, 0.717) is 5.92 Å². The van der Waals surface area contributed by atoms with E-state index in [-0.39, 0.29) is 12.1 Å². The van der Waals surface area contributed by atoms with Crippen LogP contribution in [0.15, 0.2) is 12.7 Å². The minimum atomic E-state index is -0.299. The molecule has 0 spiro atoms. The minimum Gasteiger partial charge on any atom is -0.459 e. The summed E-state index contributed by atoms with van der Waals surface area (Å²) in [5.41, 5.74) is 0. The summed E-state index contributed by atoms with van der Waals surface area (Å²) in [6.07, 6.45) is 5.47. The zero-order valence-corrected chi connectivity index (χ0v) is 9.58. The average Bonchev–Trinajstić information content (AvgIpc) is 2.13. The zero-order valence-electron chi connectivity index (χ0n) is 9.58. The fourth-order valence-corrected chi connectivity index (χ4v) is 1.39. The van der Waals surface area contributed by atoms with Crippen molar-refractivity contribution < 1.29 is 9.53 Å². The summed E-state index contributed by atoms with van der Waals surface area (Å²) in [6, 6.07) is 0. The molecule has 0 rings (SSSR count). The van der Waals surface area contributed by atoms with Crippen LogP contribution in [0.3, 0.4) is 0 Å². The van der Waals surface area contributed by atoms with Crippen LogP contribution < -0.4 is 0 Å². The molecular formula is C12H22O2. The third-order valence-electron chi connectivity index (χ3n) is 2.06. The summed E-state index contributed by atoms with van der Waals surface area (Å²) in [5.74, 6) is 0.265. The Labute approximate surface area is 87.3 Å². The monoisotopic (exact) mass is 198 g/mol. The Hall–Kier alpha value is -0.790. The van der Waals surface area contributed by atoms with E-state index in [1.165, 1.54) is 6.08 Å².